The number of methoxy groups -OCH3 is 1. The Hall–Kier alpha value is -1.51. The molecule has 3 unspecified atom stereocenters. The maximum absolute atomic E-state index is 13.8. The van der Waals surface area contributed by atoms with Crippen molar-refractivity contribution in [2.45, 2.75) is 63.6 Å². The number of halogens is 5. The van der Waals surface area contributed by atoms with Gasteiger partial charge in [-0.15, -0.1) is 24.8 Å². The summed E-state index contributed by atoms with van der Waals surface area (Å²) in [5.74, 6) is 0.571. The van der Waals surface area contributed by atoms with Gasteiger partial charge >= 0.3 is 6.18 Å². The van der Waals surface area contributed by atoms with Crippen LogP contribution in [0.3, 0.4) is 0 Å². The molecule has 2 aromatic rings. The van der Waals surface area contributed by atoms with E-state index in [-0.39, 0.29) is 49.1 Å². The molecule has 3 atom stereocenters. The maximum atomic E-state index is 13.8. The maximum Gasteiger partial charge on any atom is 0.421 e. The molecule has 0 radical (unpaired) electrons. The van der Waals surface area contributed by atoms with Crippen LogP contribution < -0.4 is 10.2 Å². The second-order valence-corrected chi connectivity index (χ2v) is 8.54. The predicted octanol–water partition coefficient (Wildman–Crippen LogP) is 6.64. The molecule has 2 aliphatic heterocycles. The summed E-state index contributed by atoms with van der Waals surface area (Å²) in [6.45, 7) is 3.86. The number of benzene rings is 2. The fourth-order valence-corrected chi connectivity index (χ4v) is 4.68. The Labute approximate surface area is 205 Å². The zero-order chi connectivity index (χ0) is 22.2. The van der Waals surface area contributed by atoms with E-state index in [1.807, 2.05) is 25.1 Å². The van der Waals surface area contributed by atoms with Gasteiger partial charge in [-0.3, -0.25) is 0 Å². The van der Waals surface area contributed by atoms with Crippen LogP contribution >= 0.6 is 24.8 Å². The molecule has 2 heterocycles. The summed E-state index contributed by atoms with van der Waals surface area (Å²) in [6.07, 6.45) is -1.24. The average molecular weight is 507 g/mol. The van der Waals surface area contributed by atoms with Crippen molar-refractivity contribution in [3.05, 3.63) is 64.7 Å². The fraction of sp³-hybridized carbons (Fsp3) is 0.500. The highest BCUT2D eigenvalue weighted by Gasteiger charge is 2.57. The van der Waals surface area contributed by atoms with E-state index >= 15 is 0 Å². The molecule has 33 heavy (non-hydrogen) atoms. The number of hydrogen-bond donors (Lipinski definition) is 1. The molecular formula is C24H31Cl2F3N2O2. The van der Waals surface area contributed by atoms with Gasteiger partial charge in [0, 0.05) is 24.2 Å². The highest BCUT2D eigenvalue weighted by atomic mass is 35.5. The topological polar surface area (TPSA) is 33.7 Å². The molecule has 0 spiro atoms. The standard InChI is InChI=1S/C24H29F3N2O2.2ClH/c1-16(28-29-12-8-7-11-21(29)17-9-5-4-6-10-17)19-14-20-18(13-22(19)30-3)15-31-23(20,2)24(25,26)27;;/h4-6,9-10,13-14,16,21,28H,7-8,11-12,15H2,1-3H3;2*1H. The number of hydrazine groups is 1. The molecule has 4 rings (SSSR count). The lowest BCUT2D eigenvalue weighted by atomic mass is 9.90. The van der Waals surface area contributed by atoms with E-state index in [1.54, 1.807) is 19.2 Å². The minimum Gasteiger partial charge on any atom is -0.496 e. The predicted molar refractivity (Wildman–Crippen MR) is 127 cm³/mol. The number of rotatable bonds is 5. The second kappa shape index (κ2) is 10.8. The summed E-state index contributed by atoms with van der Waals surface area (Å²) in [7, 11) is 1.55. The Balaban J connectivity index is 0.00000193. The van der Waals surface area contributed by atoms with Crippen molar-refractivity contribution in [2.75, 3.05) is 13.7 Å². The highest BCUT2D eigenvalue weighted by molar-refractivity contribution is 5.85. The zero-order valence-electron chi connectivity index (χ0n) is 18.9. The highest BCUT2D eigenvalue weighted by Crippen LogP contribution is 2.49. The molecule has 0 bridgehead atoms. The van der Waals surface area contributed by atoms with Gasteiger partial charge < -0.3 is 9.47 Å². The van der Waals surface area contributed by atoms with Gasteiger partial charge in [0.1, 0.15) is 5.75 Å². The van der Waals surface area contributed by atoms with Crippen LogP contribution in [0.4, 0.5) is 13.2 Å². The van der Waals surface area contributed by atoms with Crippen LogP contribution in [0.5, 0.6) is 5.75 Å². The van der Waals surface area contributed by atoms with E-state index in [2.05, 4.69) is 22.6 Å². The van der Waals surface area contributed by atoms with Gasteiger partial charge in [0.05, 0.1) is 13.7 Å². The number of alkyl halides is 3. The molecule has 184 valence electrons. The van der Waals surface area contributed by atoms with E-state index in [0.29, 0.717) is 16.9 Å². The van der Waals surface area contributed by atoms with Gasteiger partial charge in [0.15, 0.2) is 5.60 Å². The number of hydrogen-bond acceptors (Lipinski definition) is 4. The molecule has 1 fully saturated rings. The Morgan fingerprint density at radius 3 is 2.48 bits per heavy atom. The van der Waals surface area contributed by atoms with Crippen LogP contribution in [0, 0.1) is 0 Å². The second-order valence-electron chi connectivity index (χ2n) is 8.54. The van der Waals surface area contributed by atoms with E-state index in [9.17, 15) is 13.2 Å². The molecule has 4 nitrogen and oxygen atoms in total. The number of fused-ring (bicyclic) bond motifs is 1. The first-order valence-corrected chi connectivity index (χ1v) is 10.7. The molecular weight excluding hydrogens is 476 g/mol. The summed E-state index contributed by atoms with van der Waals surface area (Å²) in [5, 5.41) is 2.22. The minimum absolute atomic E-state index is 0. The Bertz CT molecular complexity index is 930. The summed E-state index contributed by atoms with van der Waals surface area (Å²) < 4.78 is 52.1. The molecule has 0 aromatic heterocycles. The van der Waals surface area contributed by atoms with Crippen molar-refractivity contribution < 1.29 is 22.6 Å². The van der Waals surface area contributed by atoms with Crippen molar-refractivity contribution in [1.82, 2.24) is 10.4 Å². The van der Waals surface area contributed by atoms with Gasteiger partial charge in [0.25, 0.3) is 0 Å². The van der Waals surface area contributed by atoms with Crippen LogP contribution in [-0.2, 0) is 16.9 Å². The van der Waals surface area contributed by atoms with Gasteiger partial charge in [0.2, 0.25) is 0 Å². The molecule has 2 aromatic carbocycles. The van der Waals surface area contributed by atoms with Gasteiger partial charge in [-0.25, -0.2) is 10.4 Å². The van der Waals surface area contributed by atoms with Gasteiger partial charge in [-0.05, 0) is 55.5 Å². The van der Waals surface area contributed by atoms with Crippen LogP contribution in [0.25, 0.3) is 0 Å². The number of nitrogens with zero attached hydrogens (tertiary/aromatic N) is 1. The fourth-order valence-electron chi connectivity index (χ4n) is 4.68. The monoisotopic (exact) mass is 506 g/mol. The van der Waals surface area contributed by atoms with Gasteiger partial charge in [-0.2, -0.15) is 13.2 Å². The van der Waals surface area contributed by atoms with E-state index in [4.69, 9.17) is 9.47 Å². The smallest absolute Gasteiger partial charge is 0.421 e. The summed E-state index contributed by atoms with van der Waals surface area (Å²) in [6, 6.07) is 13.6. The van der Waals surface area contributed by atoms with Crippen molar-refractivity contribution in [3.63, 3.8) is 0 Å². The largest absolute Gasteiger partial charge is 0.496 e. The molecule has 9 heteroatoms. The molecule has 1 N–H and O–H groups in total. The lowest BCUT2D eigenvalue weighted by molar-refractivity contribution is -0.272. The van der Waals surface area contributed by atoms with Crippen LogP contribution in [0.2, 0.25) is 0 Å². The SMILES string of the molecule is COc1cc2c(cc1C(C)NN1CCCCC1c1ccccc1)C(C)(C(F)(F)F)OC2.Cl.Cl. The minimum atomic E-state index is -4.49. The van der Waals surface area contributed by atoms with E-state index < -0.39 is 11.8 Å². The lowest BCUT2D eigenvalue weighted by Crippen LogP contribution is -2.45. The first-order valence-electron chi connectivity index (χ1n) is 10.7. The molecule has 2 aliphatic rings. The van der Waals surface area contributed by atoms with E-state index in [1.165, 1.54) is 5.56 Å². The van der Waals surface area contributed by atoms with E-state index in [0.717, 1.165) is 32.7 Å². The summed E-state index contributed by atoms with van der Waals surface area (Å²) in [4.78, 5) is 0. The van der Waals surface area contributed by atoms with Gasteiger partial charge in [-0.1, -0.05) is 36.8 Å². The molecule has 1 saturated heterocycles. The first-order chi connectivity index (χ1) is 14.7. The molecule has 0 saturated carbocycles. The summed E-state index contributed by atoms with van der Waals surface area (Å²) in [5.41, 5.74) is 3.86. The number of ether oxygens (including phenoxy) is 2. The van der Waals surface area contributed by atoms with Crippen molar-refractivity contribution in [1.29, 1.82) is 0 Å². The lowest BCUT2D eigenvalue weighted by Gasteiger charge is -2.38. The van der Waals surface area contributed by atoms with Crippen molar-refractivity contribution in [2.24, 2.45) is 0 Å². The average Bonchev–Trinajstić information content (AvgIpc) is 3.11. The normalized spacial score (nSPS) is 23.8. The third-order valence-corrected chi connectivity index (χ3v) is 6.54. The van der Waals surface area contributed by atoms with Crippen LogP contribution in [0.1, 0.15) is 67.4 Å². The third kappa shape index (κ3) is 5.28. The molecule has 0 amide bonds. The van der Waals surface area contributed by atoms with Crippen LogP contribution in [-0.4, -0.2) is 24.8 Å². The van der Waals surface area contributed by atoms with Crippen molar-refractivity contribution in [3.8, 4) is 5.75 Å². The molecule has 0 aliphatic carbocycles. The first kappa shape index (κ1) is 27.7. The third-order valence-electron chi connectivity index (χ3n) is 6.54. The Morgan fingerprint density at radius 1 is 1.15 bits per heavy atom. The Morgan fingerprint density at radius 2 is 1.85 bits per heavy atom. The number of nitrogens with one attached hydrogen (secondary N) is 1. The zero-order valence-corrected chi connectivity index (χ0v) is 20.6. The number of piperidine rings is 1. The summed E-state index contributed by atoms with van der Waals surface area (Å²) >= 11 is 0. The quantitative estimate of drug-likeness (QED) is 0.492. The van der Waals surface area contributed by atoms with Crippen LogP contribution in [0.15, 0.2) is 42.5 Å². The Kier molecular flexibility index (Phi) is 9.10. The van der Waals surface area contributed by atoms with Crippen molar-refractivity contribution >= 4 is 24.8 Å².